The molecule has 0 saturated heterocycles. The van der Waals surface area contributed by atoms with Gasteiger partial charge in [-0.25, -0.2) is 0 Å². The first-order valence-electron chi connectivity index (χ1n) is 12.1. The molecule has 0 heterocycles. The molecule has 153 valence electrons. The van der Waals surface area contributed by atoms with E-state index in [1.165, 1.54) is 77.0 Å². The van der Waals surface area contributed by atoms with E-state index in [-0.39, 0.29) is 0 Å². The molecule has 0 bridgehead atoms. The number of rotatable bonds is 20. The van der Waals surface area contributed by atoms with E-state index in [1.54, 1.807) is 43.2 Å². The summed E-state index contributed by atoms with van der Waals surface area (Å²) in [6.07, 6.45) is 23.9. The Hall–Kier alpha value is 0.818. The van der Waals surface area contributed by atoms with Gasteiger partial charge in [0.2, 0.25) is 0 Å². The maximum absolute atomic E-state index is 2.36. The first-order valence-corrected chi connectivity index (χ1v) is 19.3. The van der Waals surface area contributed by atoms with E-state index in [0.29, 0.717) is 0 Å². The molecule has 1 heteroatoms. The number of hydrogen-bond donors (Lipinski definition) is 0. The molecule has 0 spiro atoms. The van der Waals surface area contributed by atoms with Crippen LogP contribution in [0.2, 0.25) is 17.5 Å². The number of hydrogen-bond acceptors (Lipinski definition) is 0. The molecular weight excluding hydrogens is 410 g/mol. The second-order valence-electron chi connectivity index (χ2n) is 8.48. The minimum absolute atomic E-state index is 1.39. The van der Waals surface area contributed by atoms with Gasteiger partial charge in [-0.2, -0.15) is 0 Å². The van der Waals surface area contributed by atoms with Gasteiger partial charge in [0.15, 0.2) is 0 Å². The average molecular weight is 462 g/mol. The fraction of sp³-hybridized carbons (Fsp3) is 1.00. The third-order valence-electron chi connectivity index (χ3n) is 5.94. The summed E-state index contributed by atoms with van der Waals surface area (Å²) < 4.78 is 6.90. The fourth-order valence-corrected chi connectivity index (χ4v) is 18.2. The van der Waals surface area contributed by atoms with Gasteiger partial charge < -0.3 is 0 Å². The van der Waals surface area contributed by atoms with Crippen LogP contribution in [-0.4, -0.2) is 18.8 Å². The number of unbranched alkanes of at least 4 members (excludes halogenated alkanes) is 12. The zero-order valence-corrected chi connectivity index (χ0v) is 21.1. The van der Waals surface area contributed by atoms with Gasteiger partial charge in [-0.15, -0.1) is 0 Å². The van der Waals surface area contributed by atoms with Gasteiger partial charge in [-0.05, 0) is 0 Å². The third-order valence-corrected chi connectivity index (χ3v) is 20.4. The summed E-state index contributed by atoms with van der Waals surface area (Å²) in [7, 11) is 0. The Balaban J connectivity index is 4.62. The molecule has 0 aromatic carbocycles. The Labute approximate surface area is 166 Å². The Morgan fingerprint density at radius 1 is 0.320 bits per heavy atom. The molecule has 0 amide bonds. The Kier molecular flexibility index (Phi) is 20.2. The van der Waals surface area contributed by atoms with E-state index >= 15 is 0 Å². The van der Waals surface area contributed by atoms with E-state index in [0.717, 1.165) is 0 Å². The van der Waals surface area contributed by atoms with Gasteiger partial charge in [0, 0.05) is 0 Å². The normalized spacial score (nSPS) is 12.0. The van der Waals surface area contributed by atoms with Gasteiger partial charge in [-0.3, -0.25) is 0 Å². The minimum atomic E-state index is -1.74. The van der Waals surface area contributed by atoms with Crippen molar-refractivity contribution < 1.29 is 0 Å². The second kappa shape index (κ2) is 19.6. The van der Waals surface area contributed by atoms with E-state index < -0.39 is 18.8 Å². The first kappa shape index (κ1) is 25.8. The van der Waals surface area contributed by atoms with E-state index in [2.05, 4.69) is 27.7 Å². The third kappa shape index (κ3) is 15.6. The van der Waals surface area contributed by atoms with Gasteiger partial charge in [0.05, 0.1) is 0 Å². The zero-order valence-electron chi connectivity index (χ0n) is 18.6. The van der Waals surface area contributed by atoms with Crippen molar-refractivity contribution in [2.45, 2.75) is 148 Å². The fourth-order valence-electron chi connectivity index (χ4n) is 4.17. The van der Waals surface area contributed by atoms with Crippen LogP contribution < -0.4 is 0 Å². The van der Waals surface area contributed by atoms with Gasteiger partial charge >= 0.3 is 167 Å². The summed E-state index contributed by atoms with van der Waals surface area (Å²) in [5.41, 5.74) is 0. The molecule has 0 saturated carbocycles. The molecule has 0 aliphatic rings. The van der Waals surface area contributed by atoms with Crippen LogP contribution in [0.15, 0.2) is 0 Å². The summed E-state index contributed by atoms with van der Waals surface area (Å²) >= 11 is -1.74. The molecule has 0 aliphatic heterocycles. The average Bonchev–Trinajstić information content (AvgIpc) is 2.63. The molecule has 0 rings (SSSR count). The SMILES string of the molecule is CCCCC[CH2][Sb]([CH2]CCCCC)([CH2]CCCCC)[CH2]CCCCC. The predicted octanol–water partition coefficient (Wildman–Crippen LogP) is 9.76. The van der Waals surface area contributed by atoms with Crippen LogP contribution in [0.5, 0.6) is 0 Å². The molecule has 0 aromatic heterocycles. The summed E-state index contributed by atoms with van der Waals surface area (Å²) in [4.78, 5) is 0. The maximum atomic E-state index is 2.36. The van der Waals surface area contributed by atoms with Crippen LogP contribution in [0.25, 0.3) is 0 Å². The summed E-state index contributed by atoms with van der Waals surface area (Å²) in [6, 6.07) is 0. The van der Waals surface area contributed by atoms with Crippen molar-refractivity contribution in [1.29, 1.82) is 0 Å². The summed E-state index contributed by atoms with van der Waals surface area (Å²) in [6.45, 7) is 9.43. The Bertz CT molecular complexity index is 195. The van der Waals surface area contributed by atoms with Crippen molar-refractivity contribution in [2.75, 3.05) is 0 Å². The van der Waals surface area contributed by atoms with Crippen molar-refractivity contribution in [3.05, 3.63) is 0 Å². The van der Waals surface area contributed by atoms with Crippen molar-refractivity contribution >= 4 is 18.8 Å². The van der Waals surface area contributed by atoms with Crippen LogP contribution in [0.3, 0.4) is 0 Å². The van der Waals surface area contributed by atoms with Gasteiger partial charge in [-0.1, -0.05) is 0 Å². The van der Waals surface area contributed by atoms with E-state index in [9.17, 15) is 0 Å². The van der Waals surface area contributed by atoms with Crippen molar-refractivity contribution in [3.63, 3.8) is 0 Å². The first-order chi connectivity index (χ1) is 12.2. The molecule has 1 radical (unpaired) electrons. The monoisotopic (exact) mass is 461 g/mol. The van der Waals surface area contributed by atoms with Crippen molar-refractivity contribution in [3.8, 4) is 0 Å². The predicted molar refractivity (Wildman–Crippen MR) is 122 cm³/mol. The second-order valence-corrected chi connectivity index (χ2v) is 21.2. The quantitative estimate of drug-likeness (QED) is 0.125. The van der Waals surface area contributed by atoms with Gasteiger partial charge in [0.1, 0.15) is 0 Å². The molecule has 0 atom stereocenters. The van der Waals surface area contributed by atoms with Crippen LogP contribution >= 0.6 is 0 Å². The van der Waals surface area contributed by atoms with E-state index in [1.807, 2.05) is 0 Å². The van der Waals surface area contributed by atoms with Crippen molar-refractivity contribution in [2.24, 2.45) is 0 Å². The molecule has 25 heavy (non-hydrogen) atoms. The molecule has 0 fully saturated rings. The van der Waals surface area contributed by atoms with Crippen molar-refractivity contribution in [1.82, 2.24) is 0 Å². The van der Waals surface area contributed by atoms with E-state index in [4.69, 9.17) is 0 Å². The molecule has 0 aliphatic carbocycles. The molecular formula is C24H52Sb. The topological polar surface area (TPSA) is 0 Å². The molecule has 0 nitrogen and oxygen atoms in total. The molecule has 0 unspecified atom stereocenters. The molecule has 0 aromatic rings. The summed E-state index contributed by atoms with van der Waals surface area (Å²) in [5.74, 6) is 0. The Morgan fingerprint density at radius 3 is 0.760 bits per heavy atom. The molecule has 0 N–H and O–H groups in total. The Morgan fingerprint density at radius 2 is 0.560 bits per heavy atom. The zero-order chi connectivity index (χ0) is 18.6. The van der Waals surface area contributed by atoms with Crippen LogP contribution in [0.4, 0.5) is 0 Å². The summed E-state index contributed by atoms with van der Waals surface area (Å²) in [5, 5.41) is 0. The van der Waals surface area contributed by atoms with Gasteiger partial charge in [0.25, 0.3) is 0 Å². The van der Waals surface area contributed by atoms with Crippen LogP contribution in [0.1, 0.15) is 130 Å². The van der Waals surface area contributed by atoms with Crippen LogP contribution in [-0.2, 0) is 0 Å². The van der Waals surface area contributed by atoms with Crippen LogP contribution in [0, 0.1) is 0 Å². The standard InChI is InChI=1S/4C6H13.Sb/c4*1-3-5-6-4-2;/h4*1,3-6H2,2H3;.